The zero-order valence-electron chi connectivity index (χ0n) is 35.8. The van der Waals surface area contributed by atoms with Crippen LogP contribution in [0, 0.1) is 17.8 Å². The van der Waals surface area contributed by atoms with E-state index in [4.69, 9.17) is 14.5 Å². The third kappa shape index (κ3) is 7.06. The molecule has 0 spiro atoms. The van der Waals surface area contributed by atoms with E-state index < -0.39 is 24.3 Å². The molecule has 9 rings (SSSR count). The lowest BCUT2D eigenvalue weighted by atomic mass is 9.95. The van der Waals surface area contributed by atoms with Crippen molar-refractivity contribution in [1.29, 1.82) is 0 Å². The molecule has 322 valence electrons. The van der Waals surface area contributed by atoms with Gasteiger partial charge in [-0.1, -0.05) is 58.0 Å². The molecule has 6 atom stereocenters. The SMILES string of the molecule is COC(=O)N[C@H](C(=O)N1CCC[C@H]1c1ncc(-c2ccc3c(c2)C(=O)c2cc(-c4ccc5nc(C6[C@H]7CC[C@H](C7)N6C(=O)[C@@H](NC(=O)OC)C(C)C)[nH]c5c4)ccc2-3)[nH]1)C(C)C. The summed E-state index contributed by atoms with van der Waals surface area (Å²) in [6.45, 7) is 8.15. The molecule has 4 N–H and O–H groups in total. The average molecular weight is 841 g/mol. The van der Waals surface area contributed by atoms with E-state index in [1.807, 2.05) is 87.2 Å². The summed E-state index contributed by atoms with van der Waals surface area (Å²) in [6.07, 6.45) is 4.83. The molecule has 15 heteroatoms. The number of likely N-dealkylation sites (tertiary alicyclic amines) is 2. The maximum atomic E-state index is 14.1. The molecule has 4 amide bonds. The number of nitrogens with one attached hydrogen (secondary N) is 4. The second-order valence-electron chi connectivity index (χ2n) is 17.7. The third-order valence-corrected chi connectivity index (χ3v) is 13.3. The number of H-pyrrole nitrogens is 2. The zero-order chi connectivity index (χ0) is 43.6. The molecule has 1 saturated carbocycles. The summed E-state index contributed by atoms with van der Waals surface area (Å²) in [5.74, 6) is 1.03. The molecule has 62 heavy (non-hydrogen) atoms. The molecular weight excluding hydrogens is 789 g/mol. The predicted molar refractivity (Wildman–Crippen MR) is 231 cm³/mol. The summed E-state index contributed by atoms with van der Waals surface area (Å²) in [5.41, 5.74) is 7.96. The number of carbonyl (C=O) groups excluding carboxylic acids is 5. The topological polar surface area (TPSA) is 192 Å². The van der Waals surface area contributed by atoms with Gasteiger partial charge in [-0.2, -0.15) is 0 Å². The minimum atomic E-state index is -0.729. The van der Waals surface area contributed by atoms with Gasteiger partial charge in [0.15, 0.2) is 5.78 Å². The number of nitrogens with zero attached hydrogens (tertiary/aromatic N) is 4. The van der Waals surface area contributed by atoms with E-state index in [2.05, 4.69) is 25.6 Å². The number of methoxy groups -OCH3 is 2. The van der Waals surface area contributed by atoms with E-state index in [9.17, 15) is 24.0 Å². The van der Waals surface area contributed by atoms with E-state index in [0.29, 0.717) is 23.5 Å². The van der Waals surface area contributed by atoms with Gasteiger partial charge in [0.2, 0.25) is 11.8 Å². The molecule has 3 fully saturated rings. The van der Waals surface area contributed by atoms with Crippen LogP contribution in [0.2, 0.25) is 0 Å². The highest BCUT2D eigenvalue weighted by Crippen LogP contribution is 2.50. The normalized spacial score (nSPS) is 21.1. The lowest BCUT2D eigenvalue weighted by Gasteiger charge is -2.37. The van der Waals surface area contributed by atoms with Gasteiger partial charge in [-0.3, -0.25) is 14.4 Å². The molecule has 3 aromatic carbocycles. The fourth-order valence-electron chi connectivity index (χ4n) is 10.1. The average Bonchev–Trinajstić information content (AvgIpc) is 4.14. The number of fused-ring (bicyclic) bond motifs is 6. The highest BCUT2D eigenvalue weighted by Gasteiger charge is 2.51. The lowest BCUT2D eigenvalue weighted by molar-refractivity contribution is -0.139. The third-order valence-electron chi connectivity index (χ3n) is 13.3. The fourth-order valence-corrected chi connectivity index (χ4v) is 10.1. The van der Waals surface area contributed by atoms with Crippen LogP contribution in [0.5, 0.6) is 0 Å². The molecule has 15 nitrogen and oxygen atoms in total. The molecule has 2 aliphatic carbocycles. The Labute approximate surface area is 359 Å². The number of alkyl carbamates (subject to hydrolysis) is 2. The number of hydrogen-bond donors (Lipinski definition) is 4. The standard InChI is InChI=1S/C47H52N8O7/c1-23(2)38(52-46(59)61-5)44(57)54-17-7-8-37(54)42-48-22-36(51-42)27-11-15-31-30-14-10-25(19-32(30)41(56)33(31)20-27)26-12-16-34-35(21-26)50-43(49-34)40-28-9-13-29(18-28)55(40)45(58)39(24(3)4)53-47(60)62-6/h10-12,14-16,19-24,28-29,37-40H,7-9,13,17-18H2,1-6H3,(H,48,51)(H,49,50)(H,52,59)(H,53,60)/t28-,29+,37-,38-,39-,40?/m0/s1. The zero-order valence-corrected chi connectivity index (χ0v) is 35.8. The number of benzene rings is 3. The van der Waals surface area contributed by atoms with Crippen LogP contribution in [0.15, 0.2) is 60.8 Å². The van der Waals surface area contributed by atoms with Crippen molar-refractivity contribution in [1.82, 2.24) is 40.4 Å². The Bertz CT molecular complexity index is 2610. The number of imidazole rings is 2. The second kappa shape index (κ2) is 16.1. The van der Waals surface area contributed by atoms with Crippen molar-refractivity contribution < 1.29 is 33.4 Å². The van der Waals surface area contributed by atoms with Gasteiger partial charge in [0.05, 0.1) is 49.2 Å². The number of hydrogen-bond acceptors (Lipinski definition) is 9. The Morgan fingerprint density at radius 2 is 1.37 bits per heavy atom. The van der Waals surface area contributed by atoms with Gasteiger partial charge >= 0.3 is 12.2 Å². The molecule has 4 aliphatic rings. The van der Waals surface area contributed by atoms with E-state index in [-0.39, 0.29) is 53.5 Å². The second-order valence-corrected chi connectivity index (χ2v) is 17.7. The van der Waals surface area contributed by atoms with Crippen molar-refractivity contribution >= 4 is 40.8 Å². The van der Waals surface area contributed by atoms with E-state index in [1.165, 1.54) is 14.2 Å². The first-order valence-electron chi connectivity index (χ1n) is 21.5. The number of aromatic nitrogens is 4. The quantitative estimate of drug-likeness (QED) is 0.110. The highest BCUT2D eigenvalue weighted by molar-refractivity contribution is 6.22. The fraction of sp³-hybridized carbons (Fsp3) is 0.426. The molecule has 5 aromatic rings. The number of piperidine rings is 1. The van der Waals surface area contributed by atoms with Crippen molar-refractivity contribution in [3.8, 4) is 33.5 Å². The maximum Gasteiger partial charge on any atom is 0.407 e. The molecular formula is C47H52N8O7. The molecule has 4 heterocycles. The van der Waals surface area contributed by atoms with Crippen LogP contribution in [0.4, 0.5) is 9.59 Å². The van der Waals surface area contributed by atoms with Crippen LogP contribution in [0.1, 0.15) is 99.5 Å². The summed E-state index contributed by atoms with van der Waals surface area (Å²) in [6, 6.07) is 16.0. The monoisotopic (exact) mass is 840 g/mol. The summed E-state index contributed by atoms with van der Waals surface area (Å²) in [5, 5.41) is 5.44. The van der Waals surface area contributed by atoms with Crippen molar-refractivity contribution in [3.63, 3.8) is 0 Å². The predicted octanol–water partition coefficient (Wildman–Crippen LogP) is 7.31. The van der Waals surface area contributed by atoms with Crippen molar-refractivity contribution in [3.05, 3.63) is 83.6 Å². The summed E-state index contributed by atoms with van der Waals surface area (Å²) >= 11 is 0. The first kappa shape index (κ1) is 40.9. The first-order valence-corrected chi connectivity index (χ1v) is 21.5. The minimum absolute atomic E-state index is 0.0591. The van der Waals surface area contributed by atoms with Gasteiger partial charge in [-0.25, -0.2) is 19.6 Å². The summed E-state index contributed by atoms with van der Waals surface area (Å²) in [4.78, 5) is 86.4. The number of rotatable bonds is 10. The molecule has 2 bridgehead atoms. The van der Waals surface area contributed by atoms with E-state index >= 15 is 0 Å². The summed E-state index contributed by atoms with van der Waals surface area (Å²) < 4.78 is 9.61. The van der Waals surface area contributed by atoms with Crippen molar-refractivity contribution in [2.75, 3.05) is 20.8 Å². The molecule has 2 saturated heterocycles. The van der Waals surface area contributed by atoms with E-state index in [0.717, 1.165) is 82.5 Å². The van der Waals surface area contributed by atoms with Crippen LogP contribution in [-0.2, 0) is 19.1 Å². The minimum Gasteiger partial charge on any atom is -0.453 e. The maximum absolute atomic E-state index is 14.1. The van der Waals surface area contributed by atoms with Crippen LogP contribution in [-0.4, -0.2) is 98.4 Å². The van der Waals surface area contributed by atoms with Gasteiger partial charge < -0.3 is 39.9 Å². The van der Waals surface area contributed by atoms with Gasteiger partial charge in [0, 0.05) is 29.3 Å². The lowest BCUT2D eigenvalue weighted by Crippen LogP contribution is -2.54. The van der Waals surface area contributed by atoms with Gasteiger partial charge in [0.1, 0.15) is 23.7 Å². The van der Waals surface area contributed by atoms with Crippen LogP contribution in [0.3, 0.4) is 0 Å². The highest BCUT2D eigenvalue weighted by atomic mass is 16.5. The van der Waals surface area contributed by atoms with Gasteiger partial charge in [0.25, 0.3) is 0 Å². The number of ketones is 1. The molecule has 0 radical (unpaired) electrons. The molecule has 2 aromatic heterocycles. The van der Waals surface area contributed by atoms with Gasteiger partial charge in [-0.15, -0.1) is 0 Å². The molecule has 1 unspecified atom stereocenters. The van der Waals surface area contributed by atoms with E-state index in [1.54, 1.807) is 11.1 Å². The number of carbonyl (C=O) groups is 5. The Balaban J connectivity index is 0.935. The largest absolute Gasteiger partial charge is 0.453 e. The Morgan fingerprint density at radius 3 is 2.05 bits per heavy atom. The summed E-state index contributed by atoms with van der Waals surface area (Å²) in [7, 11) is 2.57. The Hall–Kier alpha value is -6.51. The van der Waals surface area contributed by atoms with Gasteiger partial charge in [-0.05, 0) is 96.4 Å². The van der Waals surface area contributed by atoms with Crippen molar-refractivity contribution in [2.45, 2.75) is 90.0 Å². The number of ether oxygens (including phenoxy) is 2. The smallest absolute Gasteiger partial charge is 0.407 e. The number of aromatic amines is 2. The van der Waals surface area contributed by atoms with Crippen LogP contribution >= 0.6 is 0 Å². The Morgan fingerprint density at radius 1 is 0.742 bits per heavy atom. The van der Waals surface area contributed by atoms with Crippen LogP contribution in [0.25, 0.3) is 44.5 Å². The van der Waals surface area contributed by atoms with Crippen molar-refractivity contribution in [2.24, 2.45) is 17.8 Å². The first-order chi connectivity index (χ1) is 29.8. The molecule has 2 aliphatic heterocycles. The number of amides is 4. The Kier molecular flexibility index (Phi) is 10.6. The van der Waals surface area contributed by atoms with Crippen LogP contribution < -0.4 is 10.6 Å².